The predicted molar refractivity (Wildman–Crippen MR) is 124 cm³/mol. The second-order valence-corrected chi connectivity index (χ2v) is 8.59. The molecule has 0 saturated heterocycles. The maximum Gasteiger partial charge on any atom is 0.296 e. The highest BCUT2D eigenvalue weighted by Crippen LogP contribution is 2.35. The van der Waals surface area contributed by atoms with Gasteiger partial charge in [0.25, 0.3) is 11.4 Å². The van der Waals surface area contributed by atoms with Crippen LogP contribution in [-0.2, 0) is 20.1 Å². The van der Waals surface area contributed by atoms with Crippen molar-refractivity contribution in [1.82, 2.24) is 19.7 Å². The first-order valence-corrected chi connectivity index (χ1v) is 11.4. The molecule has 0 N–H and O–H groups in total. The molecular weight excluding hydrogens is 435 g/mol. The van der Waals surface area contributed by atoms with Crippen LogP contribution in [0.25, 0.3) is 11.6 Å². The van der Waals surface area contributed by atoms with Crippen LogP contribution in [0.15, 0.2) is 63.9 Å². The van der Waals surface area contributed by atoms with Gasteiger partial charge >= 0.3 is 0 Å². The molecule has 174 valence electrons. The fraction of sp³-hybridized carbons (Fsp3) is 0.308. The molecule has 0 atom stereocenters. The molecule has 2 aromatic heterocycles. The van der Waals surface area contributed by atoms with Crippen molar-refractivity contribution >= 4 is 0 Å². The molecule has 0 amide bonds. The molecule has 0 unspecified atom stereocenters. The monoisotopic (exact) mass is 460 g/mol. The molecule has 1 saturated carbocycles. The van der Waals surface area contributed by atoms with E-state index >= 15 is 0 Å². The summed E-state index contributed by atoms with van der Waals surface area (Å²) >= 11 is 0. The largest absolute Gasteiger partial charge is 0.481 e. The average Bonchev–Trinajstić information content (AvgIpc) is 3.55. The summed E-state index contributed by atoms with van der Waals surface area (Å²) in [5.41, 5.74) is 1.76. The summed E-state index contributed by atoms with van der Waals surface area (Å²) < 4.78 is 26.3. The highest BCUT2D eigenvalue weighted by molar-refractivity contribution is 5.57. The number of aromatic nitrogens is 4. The van der Waals surface area contributed by atoms with Crippen molar-refractivity contribution in [2.75, 3.05) is 0 Å². The summed E-state index contributed by atoms with van der Waals surface area (Å²) in [5, 5.41) is 4.06. The number of nitrogens with zero attached hydrogens (tertiary/aromatic N) is 4. The van der Waals surface area contributed by atoms with Gasteiger partial charge < -0.3 is 9.26 Å². The number of hydrogen-bond donors (Lipinski definition) is 0. The second kappa shape index (κ2) is 9.59. The summed E-state index contributed by atoms with van der Waals surface area (Å²) in [6, 6.07) is 15.7. The van der Waals surface area contributed by atoms with Gasteiger partial charge in [0.05, 0.1) is 0 Å². The lowest BCUT2D eigenvalue weighted by Crippen LogP contribution is -2.26. The number of ether oxygens (including phenoxy) is 1. The van der Waals surface area contributed by atoms with Crippen molar-refractivity contribution in [3.8, 4) is 17.3 Å². The molecule has 1 aliphatic carbocycles. The zero-order valence-electron chi connectivity index (χ0n) is 18.9. The van der Waals surface area contributed by atoms with E-state index in [0.717, 1.165) is 36.8 Å². The van der Waals surface area contributed by atoms with Gasteiger partial charge in [-0.1, -0.05) is 60.5 Å². The number of rotatable bonds is 7. The fourth-order valence-corrected chi connectivity index (χ4v) is 4.36. The van der Waals surface area contributed by atoms with Gasteiger partial charge in [0.15, 0.2) is 11.5 Å². The van der Waals surface area contributed by atoms with Crippen LogP contribution in [0.4, 0.5) is 4.39 Å². The number of benzene rings is 2. The van der Waals surface area contributed by atoms with E-state index in [1.54, 1.807) is 23.7 Å². The molecule has 0 radical (unpaired) electrons. The van der Waals surface area contributed by atoms with Crippen molar-refractivity contribution in [2.24, 2.45) is 7.05 Å². The van der Waals surface area contributed by atoms with Crippen LogP contribution in [-0.4, -0.2) is 19.7 Å². The molecule has 2 aromatic carbocycles. The Balaban J connectivity index is 1.51. The number of halogens is 1. The summed E-state index contributed by atoms with van der Waals surface area (Å²) in [7, 11) is 1.73. The van der Waals surface area contributed by atoms with Gasteiger partial charge in [-0.3, -0.25) is 9.36 Å². The van der Waals surface area contributed by atoms with E-state index in [-0.39, 0.29) is 41.2 Å². The zero-order valence-corrected chi connectivity index (χ0v) is 18.9. The van der Waals surface area contributed by atoms with Crippen molar-refractivity contribution in [3.63, 3.8) is 0 Å². The van der Waals surface area contributed by atoms with Gasteiger partial charge in [0.1, 0.15) is 18.2 Å². The van der Waals surface area contributed by atoms with Crippen molar-refractivity contribution in [2.45, 2.75) is 44.6 Å². The first-order valence-electron chi connectivity index (χ1n) is 11.4. The summed E-state index contributed by atoms with van der Waals surface area (Å²) in [6.45, 7) is 0.212. The molecule has 0 aliphatic heterocycles. The van der Waals surface area contributed by atoms with Crippen LogP contribution < -0.4 is 10.3 Å². The van der Waals surface area contributed by atoms with Gasteiger partial charge in [0, 0.05) is 19.4 Å². The minimum Gasteiger partial charge on any atom is -0.481 e. The molecular formula is C26H25FN4O3. The van der Waals surface area contributed by atoms with Crippen LogP contribution in [0.3, 0.4) is 0 Å². The Morgan fingerprint density at radius 1 is 1.03 bits per heavy atom. The molecule has 0 spiro atoms. The minimum absolute atomic E-state index is 0.0880. The van der Waals surface area contributed by atoms with E-state index in [2.05, 4.69) is 10.1 Å². The zero-order chi connectivity index (χ0) is 23.5. The maximum atomic E-state index is 13.4. The van der Waals surface area contributed by atoms with E-state index < -0.39 is 0 Å². The lowest BCUT2D eigenvalue weighted by Gasteiger charge is -2.17. The third-order valence-corrected chi connectivity index (χ3v) is 6.18. The average molecular weight is 461 g/mol. The van der Waals surface area contributed by atoms with Crippen molar-refractivity contribution < 1.29 is 13.7 Å². The molecule has 34 heavy (non-hydrogen) atoms. The Hall–Kier alpha value is -3.81. The Bertz CT molecular complexity index is 1330. The highest BCUT2D eigenvalue weighted by Gasteiger charge is 2.27. The Morgan fingerprint density at radius 2 is 1.76 bits per heavy atom. The SMILES string of the molecule is Cn1c(C2CCCC2)nc(-c2nc(Cc3ccc(F)cc3)no2)c(OCc2ccccc2)c1=O. The van der Waals surface area contributed by atoms with E-state index in [0.29, 0.717) is 18.1 Å². The van der Waals surface area contributed by atoms with Crippen molar-refractivity contribution in [1.29, 1.82) is 0 Å². The maximum absolute atomic E-state index is 13.4. The lowest BCUT2D eigenvalue weighted by molar-refractivity contribution is 0.296. The first kappa shape index (κ1) is 22.0. The van der Waals surface area contributed by atoms with Gasteiger partial charge in [-0.25, -0.2) is 9.37 Å². The van der Waals surface area contributed by atoms with E-state index in [4.69, 9.17) is 14.2 Å². The summed E-state index contributed by atoms with van der Waals surface area (Å²) in [6.07, 6.45) is 4.58. The normalized spacial score (nSPS) is 13.9. The van der Waals surface area contributed by atoms with Crippen LogP contribution in [0, 0.1) is 5.82 Å². The molecule has 1 aliphatic rings. The van der Waals surface area contributed by atoms with E-state index in [9.17, 15) is 9.18 Å². The van der Waals surface area contributed by atoms with Gasteiger partial charge in [-0.15, -0.1) is 0 Å². The van der Waals surface area contributed by atoms with Crippen molar-refractivity contribution in [3.05, 3.63) is 93.5 Å². The predicted octanol–water partition coefficient (Wildman–Crippen LogP) is 4.80. The third kappa shape index (κ3) is 4.62. The van der Waals surface area contributed by atoms with Gasteiger partial charge in [0.2, 0.25) is 5.75 Å². The van der Waals surface area contributed by atoms with E-state index in [1.807, 2.05) is 30.3 Å². The minimum atomic E-state index is -0.304. The Kier molecular flexibility index (Phi) is 6.20. The summed E-state index contributed by atoms with van der Waals surface area (Å²) in [4.78, 5) is 22.7. The first-order chi connectivity index (χ1) is 16.6. The molecule has 8 heteroatoms. The van der Waals surface area contributed by atoms with Crippen LogP contribution in [0.2, 0.25) is 0 Å². The standard InChI is InChI=1S/C26H25FN4O3/c1-31-24(19-9-5-6-10-19)29-22(23(26(31)32)33-16-18-7-3-2-4-8-18)25-28-21(30-34-25)15-17-11-13-20(27)14-12-17/h2-4,7-8,11-14,19H,5-6,9-10,15-16H2,1H3. The molecule has 4 aromatic rings. The third-order valence-electron chi connectivity index (χ3n) is 6.18. The quantitative estimate of drug-likeness (QED) is 0.394. The molecule has 2 heterocycles. The molecule has 1 fully saturated rings. The Morgan fingerprint density at radius 3 is 2.50 bits per heavy atom. The summed E-state index contributed by atoms with van der Waals surface area (Å²) in [5.74, 6) is 1.26. The fourth-order valence-electron chi connectivity index (χ4n) is 4.36. The molecule has 0 bridgehead atoms. The van der Waals surface area contributed by atoms with E-state index in [1.165, 1.54) is 12.1 Å². The van der Waals surface area contributed by atoms with Crippen LogP contribution in [0.5, 0.6) is 5.75 Å². The topological polar surface area (TPSA) is 83.0 Å². The van der Waals surface area contributed by atoms with Crippen LogP contribution >= 0.6 is 0 Å². The smallest absolute Gasteiger partial charge is 0.296 e. The second-order valence-electron chi connectivity index (χ2n) is 8.59. The Labute approximate surface area is 196 Å². The van der Waals surface area contributed by atoms with Gasteiger partial charge in [-0.05, 0) is 36.1 Å². The lowest BCUT2D eigenvalue weighted by atomic mass is 10.1. The van der Waals surface area contributed by atoms with Crippen LogP contribution in [0.1, 0.15) is 54.4 Å². The van der Waals surface area contributed by atoms with Gasteiger partial charge in [-0.2, -0.15) is 4.98 Å². The highest BCUT2D eigenvalue weighted by atomic mass is 19.1. The molecule has 5 rings (SSSR count). The molecule has 7 nitrogen and oxygen atoms in total. The number of hydrogen-bond acceptors (Lipinski definition) is 6.